The van der Waals surface area contributed by atoms with Gasteiger partial charge in [-0.25, -0.2) is 4.79 Å². The van der Waals surface area contributed by atoms with Crippen LogP contribution in [0.25, 0.3) is 0 Å². The number of hydrogen-bond acceptors (Lipinski definition) is 4. The molecule has 5 rings (SSSR count). The number of benzene rings is 3. The number of para-hydroxylation sites is 1. The summed E-state index contributed by atoms with van der Waals surface area (Å²) in [4.78, 5) is 42.0. The van der Waals surface area contributed by atoms with Crippen LogP contribution in [0.15, 0.2) is 90.1 Å². The number of amides is 4. The van der Waals surface area contributed by atoms with Crippen LogP contribution in [-0.4, -0.2) is 47.8 Å². The molecular formula is C31H32N4O4. The maximum absolute atomic E-state index is 13.5. The lowest BCUT2D eigenvalue weighted by Crippen LogP contribution is -2.45. The molecule has 0 aromatic heterocycles. The molecule has 0 radical (unpaired) electrons. The molecule has 8 nitrogen and oxygen atoms in total. The van der Waals surface area contributed by atoms with E-state index in [1.54, 1.807) is 31.3 Å². The predicted molar refractivity (Wildman–Crippen MR) is 149 cm³/mol. The van der Waals surface area contributed by atoms with E-state index in [1.807, 2.05) is 54.6 Å². The highest BCUT2D eigenvalue weighted by atomic mass is 16.5. The van der Waals surface area contributed by atoms with Crippen molar-refractivity contribution in [3.63, 3.8) is 0 Å². The van der Waals surface area contributed by atoms with Gasteiger partial charge in [0.05, 0.1) is 23.9 Å². The summed E-state index contributed by atoms with van der Waals surface area (Å²) in [5.74, 6) is 0.781. The van der Waals surface area contributed by atoms with Gasteiger partial charge >= 0.3 is 6.03 Å². The van der Waals surface area contributed by atoms with Crippen molar-refractivity contribution < 1.29 is 19.1 Å². The van der Waals surface area contributed by atoms with Gasteiger partial charge in [-0.15, -0.1) is 0 Å². The maximum atomic E-state index is 13.5. The lowest BCUT2D eigenvalue weighted by molar-refractivity contribution is -0.130. The van der Waals surface area contributed by atoms with Gasteiger partial charge in [0.2, 0.25) is 5.91 Å². The fraction of sp³-hybridized carbons (Fsp3) is 0.258. The summed E-state index contributed by atoms with van der Waals surface area (Å²) in [5.41, 5.74) is 3.68. The highest BCUT2D eigenvalue weighted by Gasteiger charge is 2.43. The fourth-order valence-corrected chi connectivity index (χ4v) is 4.78. The predicted octanol–water partition coefficient (Wildman–Crippen LogP) is 5.21. The average molecular weight is 525 g/mol. The molecule has 2 aliphatic heterocycles. The van der Waals surface area contributed by atoms with E-state index in [4.69, 9.17) is 4.74 Å². The Morgan fingerprint density at radius 2 is 1.59 bits per heavy atom. The zero-order valence-corrected chi connectivity index (χ0v) is 22.5. The number of ether oxygens (including phenoxy) is 1. The summed E-state index contributed by atoms with van der Waals surface area (Å²) in [7, 11) is 1.64. The molecule has 3 aromatic rings. The van der Waals surface area contributed by atoms with Gasteiger partial charge < -0.3 is 20.3 Å². The molecule has 2 N–H and O–H groups in total. The molecule has 39 heavy (non-hydrogen) atoms. The number of carbonyl (C=O) groups excluding carboxylic acids is 3. The van der Waals surface area contributed by atoms with E-state index >= 15 is 0 Å². The third-order valence-electron chi connectivity index (χ3n) is 7.00. The number of rotatable bonds is 6. The van der Waals surface area contributed by atoms with E-state index in [1.165, 1.54) is 9.80 Å². The molecule has 200 valence electrons. The number of anilines is 1. The van der Waals surface area contributed by atoms with Crippen LogP contribution in [0.3, 0.4) is 0 Å². The van der Waals surface area contributed by atoms with Crippen LogP contribution in [0.5, 0.6) is 11.5 Å². The Balaban J connectivity index is 1.26. The normalized spacial score (nSPS) is 17.2. The van der Waals surface area contributed by atoms with Gasteiger partial charge in [-0.1, -0.05) is 63.2 Å². The molecule has 2 aliphatic rings. The highest BCUT2D eigenvalue weighted by molar-refractivity contribution is 6.04. The summed E-state index contributed by atoms with van der Waals surface area (Å²) in [6.07, 6.45) is 0. The minimum Gasteiger partial charge on any atom is -0.457 e. The molecule has 3 aromatic carbocycles. The zero-order chi connectivity index (χ0) is 27.7. The van der Waals surface area contributed by atoms with Crippen molar-refractivity contribution in [2.45, 2.75) is 32.2 Å². The summed E-state index contributed by atoms with van der Waals surface area (Å²) >= 11 is 0. The van der Waals surface area contributed by atoms with Gasteiger partial charge in [0.1, 0.15) is 18.0 Å². The van der Waals surface area contributed by atoms with Crippen LogP contribution in [0.4, 0.5) is 10.5 Å². The lowest BCUT2D eigenvalue weighted by Gasteiger charge is -2.31. The molecule has 2 heterocycles. The van der Waals surface area contributed by atoms with E-state index in [0.717, 1.165) is 16.9 Å². The second kappa shape index (κ2) is 10.3. The van der Waals surface area contributed by atoms with Gasteiger partial charge in [0, 0.05) is 12.7 Å². The molecule has 0 aliphatic carbocycles. The van der Waals surface area contributed by atoms with Gasteiger partial charge in [0.15, 0.2) is 0 Å². The molecule has 0 bridgehead atoms. The van der Waals surface area contributed by atoms with E-state index in [2.05, 4.69) is 31.4 Å². The fourth-order valence-electron chi connectivity index (χ4n) is 4.78. The van der Waals surface area contributed by atoms with Crippen LogP contribution < -0.4 is 15.4 Å². The minimum atomic E-state index is -0.574. The molecule has 8 heteroatoms. The third-order valence-corrected chi connectivity index (χ3v) is 7.00. The number of nitrogens with one attached hydrogen (secondary N) is 2. The second-order valence-corrected chi connectivity index (χ2v) is 10.8. The Morgan fingerprint density at radius 3 is 2.23 bits per heavy atom. The maximum Gasteiger partial charge on any atom is 0.322 e. The first-order valence-electron chi connectivity index (χ1n) is 12.9. The van der Waals surface area contributed by atoms with Crippen LogP contribution in [-0.2, 0) is 15.0 Å². The zero-order valence-electron chi connectivity index (χ0n) is 22.5. The molecule has 4 amide bonds. The summed E-state index contributed by atoms with van der Waals surface area (Å²) < 4.78 is 5.79. The number of nitrogens with zero attached hydrogens (tertiary/aromatic N) is 2. The molecule has 1 unspecified atom stereocenters. The first-order chi connectivity index (χ1) is 18.6. The smallest absolute Gasteiger partial charge is 0.322 e. The topological polar surface area (TPSA) is 91.0 Å². The molecular weight excluding hydrogens is 492 g/mol. The molecule has 1 atom stereocenters. The Morgan fingerprint density at radius 1 is 0.949 bits per heavy atom. The van der Waals surface area contributed by atoms with Crippen molar-refractivity contribution in [2.75, 3.05) is 25.5 Å². The molecule has 0 spiro atoms. The molecule has 0 saturated heterocycles. The van der Waals surface area contributed by atoms with Crippen LogP contribution >= 0.6 is 0 Å². The molecule has 0 fully saturated rings. The van der Waals surface area contributed by atoms with Gasteiger partial charge in [0.25, 0.3) is 5.91 Å². The van der Waals surface area contributed by atoms with Gasteiger partial charge in [-0.2, -0.15) is 0 Å². The Kier molecular flexibility index (Phi) is 6.87. The quantitative estimate of drug-likeness (QED) is 0.463. The van der Waals surface area contributed by atoms with E-state index < -0.39 is 6.04 Å². The van der Waals surface area contributed by atoms with E-state index in [-0.39, 0.29) is 36.3 Å². The first kappa shape index (κ1) is 26.0. The van der Waals surface area contributed by atoms with E-state index in [9.17, 15) is 14.4 Å². The van der Waals surface area contributed by atoms with Crippen molar-refractivity contribution in [1.29, 1.82) is 0 Å². The van der Waals surface area contributed by atoms with Gasteiger partial charge in [-0.3, -0.25) is 14.5 Å². The summed E-state index contributed by atoms with van der Waals surface area (Å²) in [6.45, 7) is 6.46. The summed E-state index contributed by atoms with van der Waals surface area (Å²) in [6, 6.07) is 23.6. The first-order valence-corrected chi connectivity index (χ1v) is 12.9. The lowest BCUT2D eigenvalue weighted by atomic mass is 9.85. The number of hydrogen-bond donors (Lipinski definition) is 2. The van der Waals surface area contributed by atoms with Gasteiger partial charge in [-0.05, 0) is 52.9 Å². The van der Waals surface area contributed by atoms with Crippen molar-refractivity contribution in [1.82, 2.24) is 15.1 Å². The third kappa shape index (κ3) is 5.50. The Labute approximate surface area is 228 Å². The van der Waals surface area contributed by atoms with Crippen molar-refractivity contribution >= 4 is 23.5 Å². The number of urea groups is 1. The van der Waals surface area contributed by atoms with Crippen molar-refractivity contribution in [2.24, 2.45) is 0 Å². The van der Waals surface area contributed by atoms with E-state index in [0.29, 0.717) is 22.7 Å². The average Bonchev–Trinajstić information content (AvgIpc) is 3.23. The highest BCUT2D eigenvalue weighted by Crippen LogP contribution is 2.36. The number of carbonyl (C=O) groups is 3. The Hall–Kier alpha value is -4.59. The minimum absolute atomic E-state index is 0.0123. The Bertz CT molecular complexity index is 1420. The van der Waals surface area contributed by atoms with Crippen LogP contribution in [0, 0.1) is 0 Å². The van der Waals surface area contributed by atoms with Crippen LogP contribution in [0.1, 0.15) is 37.9 Å². The molecule has 0 saturated carbocycles. The standard InChI is InChI=1S/C31H32N4O4/c1-31(2,3)21-12-10-20(11-13-21)28-27-25(34(4)30(38)33-28)18-35(29(27)37)19-26(36)32-22-14-16-24(17-15-22)39-23-8-6-5-7-9-23/h5-17,28H,18-19H2,1-4H3,(H,32,36)(H,33,38). The number of likely N-dealkylation sites (N-methyl/N-ethyl adjacent to an activating group) is 1. The van der Waals surface area contributed by atoms with Crippen molar-refractivity contribution in [3.05, 3.63) is 101 Å². The van der Waals surface area contributed by atoms with Crippen LogP contribution in [0.2, 0.25) is 0 Å². The largest absolute Gasteiger partial charge is 0.457 e. The summed E-state index contributed by atoms with van der Waals surface area (Å²) in [5, 5.41) is 5.79. The monoisotopic (exact) mass is 524 g/mol. The van der Waals surface area contributed by atoms with Crippen molar-refractivity contribution in [3.8, 4) is 11.5 Å². The second-order valence-electron chi connectivity index (χ2n) is 10.8. The SMILES string of the molecule is CN1C(=O)NC(c2ccc(C(C)(C)C)cc2)C2=C1CN(CC(=O)Nc1ccc(Oc3ccccc3)cc1)C2=O.